The van der Waals surface area contributed by atoms with Crippen LogP contribution in [0, 0.1) is 17.8 Å². The Kier molecular flexibility index (Phi) is 6.79. The molecule has 144 valence electrons. The highest BCUT2D eigenvalue weighted by Crippen LogP contribution is 2.40. The zero-order valence-corrected chi connectivity index (χ0v) is 16.2. The first-order valence-electron chi connectivity index (χ1n) is 9.52. The number of ketones is 1. The molecule has 1 aliphatic carbocycles. The monoisotopic (exact) mass is 362 g/mol. The summed E-state index contributed by atoms with van der Waals surface area (Å²) in [6.45, 7) is 11.5. The van der Waals surface area contributed by atoms with Crippen molar-refractivity contribution < 1.29 is 23.9 Å². The van der Waals surface area contributed by atoms with Crippen molar-refractivity contribution in [2.75, 3.05) is 0 Å². The lowest BCUT2D eigenvalue weighted by atomic mass is 9.89. The molecule has 0 N–H and O–H groups in total. The average molecular weight is 362 g/mol. The van der Waals surface area contributed by atoms with Gasteiger partial charge in [-0.1, -0.05) is 39.3 Å². The second-order valence-electron chi connectivity index (χ2n) is 7.75. The molecule has 0 spiro atoms. The lowest BCUT2D eigenvalue weighted by molar-refractivity contribution is -0.150. The number of esters is 2. The van der Waals surface area contributed by atoms with Crippen molar-refractivity contribution in [2.45, 2.75) is 72.0 Å². The minimum atomic E-state index is -0.567. The van der Waals surface area contributed by atoms with Crippen LogP contribution in [0.5, 0.6) is 0 Å². The summed E-state index contributed by atoms with van der Waals surface area (Å²) in [5.41, 5.74) is 1.45. The van der Waals surface area contributed by atoms with E-state index in [1.807, 2.05) is 19.9 Å². The average Bonchev–Trinajstić information content (AvgIpc) is 2.76. The highest BCUT2D eigenvalue weighted by Gasteiger charge is 2.46. The molecule has 0 aromatic carbocycles. The first kappa shape index (κ1) is 20.4. The van der Waals surface area contributed by atoms with Crippen molar-refractivity contribution in [3.05, 3.63) is 23.8 Å². The van der Waals surface area contributed by atoms with E-state index in [0.717, 1.165) is 12.0 Å². The second-order valence-corrected chi connectivity index (χ2v) is 7.75. The summed E-state index contributed by atoms with van der Waals surface area (Å²) in [7, 11) is 0. The quantitative estimate of drug-likeness (QED) is 0.392. The Hall–Kier alpha value is -1.91. The topological polar surface area (TPSA) is 69.7 Å². The van der Waals surface area contributed by atoms with Gasteiger partial charge in [-0.25, -0.2) is 4.79 Å². The number of Topliss-reactive ketones (excluding diaryl/α,β-unsaturated/α-hetero) is 1. The van der Waals surface area contributed by atoms with Gasteiger partial charge >= 0.3 is 11.9 Å². The molecule has 0 amide bonds. The molecule has 0 unspecified atom stereocenters. The number of carbonyl (C=O) groups is 3. The third-order valence-electron chi connectivity index (χ3n) is 5.52. The van der Waals surface area contributed by atoms with Crippen molar-refractivity contribution in [1.29, 1.82) is 0 Å². The van der Waals surface area contributed by atoms with Gasteiger partial charge in [0.1, 0.15) is 18.0 Å². The maximum absolute atomic E-state index is 12.4. The van der Waals surface area contributed by atoms with Crippen molar-refractivity contribution >= 4 is 17.7 Å². The molecule has 2 rings (SSSR count). The number of allylic oxidation sites excluding steroid dienone is 1. The van der Waals surface area contributed by atoms with Crippen LogP contribution in [0.4, 0.5) is 0 Å². The van der Waals surface area contributed by atoms with Crippen molar-refractivity contribution in [3.8, 4) is 0 Å². The Morgan fingerprint density at radius 1 is 1.42 bits per heavy atom. The van der Waals surface area contributed by atoms with Crippen LogP contribution in [-0.2, 0) is 23.9 Å². The molecule has 5 nitrogen and oxygen atoms in total. The molecule has 5 atom stereocenters. The van der Waals surface area contributed by atoms with Crippen LogP contribution < -0.4 is 0 Å². The number of rotatable bonds is 7. The molecule has 0 bridgehead atoms. The van der Waals surface area contributed by atoms with Crippen molar-refractivity contribution in [1.82, 2.24) is 0 Å². The van der Waals surface area contributed by atoms with Crippen molar-refractivity contribution in [2.24, 2.45) is 17.8 Å². The fourth-order valence-corrected chi connectivity index (χ4v) is 3.62. The Labute approximate surface area is 155 Å². The molecule has 0 radical (unpaired) electrons. The lowest BCUT2D eigenvalue weighted by Crippen LogP contribution is -2.31. The number of ether oxygens (including phenoxy) is 2. The zero-order valence-electron chi connectivity index (χ0n) is 16.2. The standard InChI is InChI=1S/C21H30O5/c1-6-12(2)9-19(23)25-18-11-16(8-7-14(4)22)13(3)10-17-20(18)15(5)21(24)26-17/h11-13,17-18,20H,5-10H2,1-4H3/t12-,13+,17-,18+,20-/m1/s1. The molecule has 5 heteroatoms. The van der Waals surface area contributed by atoms with E-state index < -0.39 is 12.1 Å². The van der Waals surface area contributed by atoms with Crippen LogP contribution in [0.25, 0.3) is 0 Å². The maximum Gasteiger partial charge on any atom is 0.334 e. The van der Waals surface area contributed by atoms with Gasteiger partial charge in [-0.05, 0) is 37.7 Å². The lowest BCUT2D eigenvalue weighted by Gasteiger charge is -2.23. The van der Waals surface area contributed by atoms with Gasteiger partial charge in [0.15, 0.2) is 0 Å². The molecule has 1 fully saturated rings. The second kappa shape index (κ2) is 8.65. The Morgan fingerprint density at radius 2 is 2.12 bits per heavy atom. The molecule has 1 aliphatic heterocycles. The van der Waals surface area contributed by atoms with Gasteiger partial charge in [0.25, 0.3) is 0 Å². The van der Waals surface area contributed by atoms with Crippen LogP contribution in [0.3, 0.4) is 0 Å². The van der Waals surface area contributed by atoms with E-state index in [9.17, 15) is 14.4 Å². The molecule has 1 saturated heterocycles. The number of hydrogen-bond acceptors (Lipinski definition) is 5. The highest BCUT2D eigenvalue weighted by molar-refractivity contribution is 5.91. The minimum absolute atomic E-state index is 0.128. The largest absolute Gasteiger partial charge is 0.458 e. The van der Waals surface area contributed by atoms with E-state index >= 15 is 0 Å². The van der Waals surface area contributed by atoms with Crippen molar-refractivity contribution in [3.63, 3.8) is 0 Å². The first-order chi connectivity index (χ1) is 12.2. The summed E-state index contributed by atoms with van der Waals surface area (Å²) in [4.78, 5) is 35.7. The van der Waals surface area contributed by atoms with E-state index in [4.69, 9.17) is 9.47 Å². The Morgan fingerprint density at radius 3 is 2.73 bits per heavy atom. The molecular formula is C21H30O5. The number of carbonyl (C=O) groups excluding carboxylic acids is 3. The minimum Gasteiger partial charge on any atom is -0.458 e. The predicted molar refractivity (Wildman–Crippen MR) is 98.2 cm³/mol. The van der Waals surface area contributed by atoms with Crippen LogP contribution in [0.2, 0.25) is 0 Å². The third-order valence-corrected chi connectivity index (χ3v) is 5.52. The molecule has 0 saturated carbocycles. The maximum atomic E-state index is 12.4. The summed E-state index contributed by atoms with van der Waals surface area (Å²) in [5.74, 6) is -0.500. The normalized spacial score (nSPS) is 29.3. The molecule has 0 aromatic heterocycles. The van der Waals surface area contributed by atoms with E-state index in [0.29, 0.717) is 31.3 Å². The molecule has 26 heavy (non-hydrogen) atoms. The van der Waals surface area contributed by atoms with Crippen LogP contribution in [0.15, 0.2) is 23.8 Å². The Bertz CT molecular complexity index is 618. The zero-order chi connectivity index (χ0) is 19.4. The molecule has 2 aliphatic rings. The van der Waals surface area contributed by atoms with Gasteiger partial charge < -0.3 is 14.3 Å². The predicted octanol–water partition coefficient (Wildman–Crippen LogP) is 3.77. The van der Waals surface area contributed by atoms with Gasteiger partial charge in [-0.3, -0.25) is 4.79 Å². The number of hydrogen-bond donors (Lipinski definition) is 0. The Balaban J connectivity index is 2.25. The van der Waals surface area contributed by atoms with Crippen LogP contribution >= 0.6 is 0 Å². The SMILES string of the molecule is C=C1C(=O)O[C@@H]2C[C@H](C)C(CCC(C)=O)=C[C@H](OC(=O)C[C@H](C)CC)[C@H]12. The smallest absolute Gasteiger partial charge is 0.334 e. The summed E-state index contributed by atoms with van der Waals surface area (Å²) in [6, 6.07) is 0. The summed E-state index contributed by atoms with van der Waals surface area (Å²) >= 11 is 0. The van der Waals surface area contributed by atoms with Gasteiger partial charge in [0, 0.05) is 18.4 Å². The summed E-state index contributed by atoms with van der Waals surface area (Å²) in [5, 5.41) is 0. The molecule has 0 aromatic rings. The van der Waals surface area contributed by atoms with Gasteiger partial charge in [-0.2, -0.15) is 0 Å². The summed E-state index contributed by atoms with van der Waals surface area (Å²) in [6.07, 6.45) is 4.02. The van der Waals surface area contributed by atoms with E-state index in [1.54, 1.807) is 6.92 Å². The number of fused-ring (bicyclic) bond motifs is 1. The fourth-order valence-electron chi connectivity index (χ4n) is 3.62. The summed E-state index contributed by atoms with van der Waals surface area (Å²) < 4.78 is 11.3. The van der Waals surface area contributed by atoms with E-state index in [2.05, 4.69) is 13.5 Å². The highest BCUT2D eigenvalue weighted by atomic mass is 16.6. The fraction of sp³-hybridized carbons (Fsp3) is 0.667. The van der Waals surface area contributed by atoms with Crippen LogP contribution in [-0.4, -0.2) is 29.9 Å². The first-order valence-corrected chi connectivity index (χ1v) is 9.52. The van der Waals surface area contributed by atoms with Crippen LogP contribution in [0.1, 0.15) is 59.8 Å². The molecule has 1 heterocycles. The van der Waals surface area contributed by atoms with Gasteiger partial charge in [0.2, 0.25) is 0 Å². The van der Waals surface area contributed by atoms with E-state index in [1.165, 1.54) is 0 Å². The molecular weight excluding hydrogens is 332 g/mol. The van der Waals surface area contributed by atoms with E-state index in [-0.39, 0.29) is 35.6 Å². The third kappa shape index (κ3) is 4.83. The van der Waals surface area contributed by atoms with Gasteiger partial charge in [-0.15, -0.1) is 0 Å². The van der Waals surface area contributed by atoms with Gasteiger partial charge in [0.05, 0.1) is 5.92 Å².